The summed E-state index contributed by atoms with van der Waals surface area (Å²) < 4.78 is 5.53. The van der Waals surface area contributed by atoms with Crippen LogP contribution >= 0.6 is 0 Å². The van der Waals surface area contributed by atoms with Gasteiger partial charge in [-0.2, -0.15) is 0 Å². The van der Waals surface area contributed by atoms with Gasteiger partial charge in [-0.1, -0.05) is 32.1 Å². The molecule has 2 bridgehead atoms. The van der Waals surface area contributed by atoms with Crippen LogP contribution < -0.4 is 0 Å². The van der Waals surface area contributed by atoms with Crippen molar-refractivity contribution in [3.8, 4) is 0 Å². The Morgan fingerprint density at radius 2 is 1.54 bits per heavy atom. The Morgan fingerprint density at radius 1 is 0.846 bits per heavy atom. The zero-order valence-corrected chi connectivity index (χ0v) is 8.80. The lowest BCUT2D eigenvalue weighted by Crippen LogP contribution is -2.19. The largest absolute Gasteiger partial charge is 0.381 e. The minimum atomic E-state index is 0.575. The van der Waals surface area contributed by atoms with Crippen LogP contribution in [0.4, 0.5) is 0 Å². The standard InChI is InChI=1S/C12H22O/c1-13-12-8-7-10-3-2-4-11(9-12)6-5-10/h10-12H,2-9H2,1H3. The molecule has 1 nitrogen and oxygen atoms in total. The maximum Gasteiger partial charge on any atom is 0.0574 e. The van der Waals surface area contributed by atoms with Crippen molar-refractivity contribution in [2.24, 2.45) is 11.8 Å². The van der Waals surface area contributed by atoms with E-state index < -0.39 is 0 Å². The molecule has 0 N–H and O–H groups in total. The van der Waals surface area contributed by atoms with E-state index in [1.54, 1.807) is 0 Å². The van der Waals surface area contributed by atoms with Crippen molar-refractivity contribution in [2.45, 2.75) is 57.5 Å². The predicted molar refractivity (Wildman–Crippen MR) is 54.7 cm³/mol. The molecule has 2 saturated carbocycles. The second-order valence-corrected chi connectivity index (χ2v) is 4.91. The fourth-order valence-electron chi connectivity index (χ4n) is 3.10. The number of fused-ring (bicyclic) bond motifs is 3. The quantitative estimate of drug-likeness (QED) is 0.604. The van der Waals surface area contributed by atoms with Crippen LogP contribution in [0.2, 0.25) is 0 Å². The average molecular weight is 182 g/mol. The maximum atomic E-state index is 5.53. The van der Waals surface area contributed by atoms with Gasteiger partial charge in [-0.25, -0.2) is 0 Å². The van der Waals surface area contributed by atoms with Gasteiger partial charge in [0, 0.05) is 7.11 Å². The minimum absolute atomic E-state index is 0.575. The van der Waals surface area contributed by atoms with Crippen molar-refractivity contribution in [3.05, 3.63) is 0 Å². The monoisotopic (exact) mass is 182 g/mol. The Bertz CT molecular complexity index is 155. The molecule has 3 unspecified atom stereocenters. The van der Waals surface area contributed by atoms with E-state index >= 15 is 0 Å². The van der Waals surface area contributed by atoms with Gasteiger partial charge in [-0.15, -0.1) is 0 Å². The molecule has 0 spiro atoms. The summed E-state index contributed by atoms with van der Waals surface area (Å²) in [5.74, 6) is 2.01. The summed E-state index contributed by atoms with van der Waals surface area (Å²) in [6.45, 7) is 0. The third-order valence-corrected chi connectivity index (χ3v) is 4.03. The molecule has 0 aromatic carbocycles. The molecule has 2 fully saturated rings. The summed E-state index contributed by atoms with van der Waals surface area (Å²) in [7, 11) is 1.89. The van der Waals surface area contributed by atoms with Gasteiger partial charge >= 0.3 is 0 Å². The fourth-order valence-corrected chi connectivity index (χ4v) is 3.10. The van der Waals surface area contributed by atoms with Crippen LogP contribution in [0.15, 0.2) is 0 Å². The number of methoxy groups -OCH3 is 1. The summed E-state index contributed by atoms with van der Waals surface area (Å²) in [5, 5.41) is 0. The number of rotatable bonds is 1. The van der Waals surface area contributed by atoms with E-state index in [2.05, 4.69) is 0 Å². The van der Waals surface area contributed by atoms with Gasteiger partial charge in [0.25, 0.3) is 0 Å². The van der Waals surface area contributed by atoms with Gasteiger partial charge in [0.05, 0.1) is 6.10 Å². The molecule has 2 aliphatic carbocycles. The highest BCUT2D eigenvalue weighted by atomic mass is 16.5. The van der Waals surface area contributed by atoms with Crippen LogP contribution in [0.1, 0.15) is 51.4 Å². The van der Waals surface area contributed by atoms with Crippen molar-refractivity contribution in [2.75, 3.05) is 7.11 Å². The molecule has 1 heteroatoms. The normalized spacial score (nSPS) is 40.8. The average Bonchev–Trinajstić information content (AvgIpc) is 2.28. The predicted octanol–water partition coefficient (Wildman–Crippen LogP) is 3.38. The lowest BCUT2D eigenvalue weighted by Gasteiger charge is -2.25. The van der Waals surface area contributed by atoms with Crippen molar-refractivity contribution in [3.63, 3.8) is 0 Å². The molecule has 76 valence electrons. The van der Waals surface area contributed by atoms with Crippen LogP contribution in [0.3, 0.4) is 0 Å². The molecule has 0 radical (unpaired) electrons. The zero-order valence-electron chi connectivity index (χ0n) is 8.80. The van der Waals surface area contributed by atoms with E-state index in [9.17, 15) is 0 Å². The zero-order chi connectivity index (χ0) is 9.10. The van der Waals surface area contributed by atoms with Crippen LogP contribution in [0.25, 0.3) is 0 Å². The lowest BCUT2D eigenvalue weighted by molar-refractivity contribution is 0.0604. The van der Waals surface area contributed by atoms with Gasteiger partial charge < -0.3 is 4.74 Å². The highest BCUT2D eigenvalue weighted by Gasteiger charge is 2.25. The molecule has 0 aliphatic heterocycles. The molecule has 0 heterocycles. The second-order valence-electron chi connectivity index (χ2n) is 4.91. The highest BCUT2D eigenvalue weighted by molar-refractivity contribution is 4.77. The highest BCUT2D eigenvalue weighted by Crippen LogP contribution is 2.36. The van der Waals surface area contributed by atoms with Crippen molar-refractivity contribution in [1.29, 1.82) is 0 Å². The van der Waals surface area contributed by atoms with Gasteiger partial charge in [-0.3, -0.25) is 0 Å². The first-order chi connectivity index (χ1) is 6.38. The molecule has 13 heavy (non-hydrogen) atoms. The van der Waals surface area contributed by atoms with E-state index in [1.807, 2.05) is 7.11 Å². The van der Waals surface area contributed by atoms with Crippen molar-refractivity contribution in [1.82, 2.24) is 0 Å². The second kappa shape index (κ2) is 4.45. The third-order valence-electron chi connectivity index (χ3n) is 4.03. The molecular formula is C12H22O. The first-order valence-corrected chi connectivity index (χ1v) is 5.91. The van der Waals surface area contributed by atoms with Crippen molar-refractivity contribution < 1.29 is 4.74 Å². The van der Waals surface area contributed by atoms with Crippen LogP contribution in [-0.2, 0) is 4.74 Å². The number of hydrogen-bond donors (Lipinski definition) is 0. The molecule has 3 atom stereocenters. The Morgan fingerprint density at radius 3 is 2.38 bits per heavy atom. The summed E-state index contributed by atoms with van der Waals surface area (Å²) in [6.07, 6.45) is 12.1. The van der Waals surface area contributed by atoms with E-state index in [0.717, 1.165) is 11.8 Å². The molecule has 2 aliphatic rings. The van der Waals surface area contributed by atoms with E-state index in [1.165, 1.54) is 51.4 Å². The summed E-state index contributed by atoms with van der Waals surface area (Å²) in [4.78, 5) is 0. The fraction of sp³-hybridized carbons (Fsp3) is 1.00. The van der Waals surface area contributed by atoms with E-state index in [4.69, 9.17) is 4.74 Å². The molecule has 2 rings (SSSR count). The lowest BCUT2D eigenvalue weighted by atomic mass is 9.86. The number of hydrogen-bond acceptors (Lipinski definition) is 1. The van der Waals surface area contributed by atoms with Gasteiger partial charge in [0.1, 0.15) is 0 Å². The third kappa shape index (κ3) is 2.46. The smallest absolute Gasteiger partial charge is 0.0574 e. The Balaban J connectivity index is 1.98. The molecule has 0 amide bonds. The van der Waals surface area contributed by atoms with E-state index in [-0.39, 0.29) is 0 Å². The van der Waals surface area contributed by atoms with Gasteiger partial charge in [-0.05, 0) is 31.1 Å². The summed E-state index contributed by atoms with van der Waals surface area (Å²) >= 11 is 0. The molecule has 0 aromatic rings. The summed E-state index contributed by atoms with van der Waals surface area (Å²) in [6, 6.07) is 0. The number of ether oxygens (including phenoxy) is 1. The first kappa shape index (κ1) is 9.51. The molecule has 0 saturated heterocycles. The SMILES string of the molecule is COC1CCC2CCCC(CC2)C1. The maximum absolute atomic E-state index is 5.53. The molecule has 0 aromatic heterocycles. The van der Waals surface area contributed by atoms with Crippen molar-refractivity contribution >= 4 is 0 Å². The van der Waals surface area contributed by atoms with Crippen LogP contribution in [0, 0.1) is 11.8 Å². The Kier molecular flexibility index (Phi) is 3.26. The van der Waals surface area contributed by atoms with Crippen LogP contribution in [0.5, 0.6) is 0 Å². The topological polar surface area (TPSA) is 9.23 Å². The minimum Gasteiger partial charge on any atom is -0.381 e. The van der Waals surface area contributed by atoms with E-state index in [0.29, 0.717) is 6.10 Å². The van der Waals surface area contributed by atoms with Crippen LogP contribution in [-0.4, -0.2) is 13.2 Å². The Hall–Kier alpha value is -0.0400. The first-order valence-electron chi connectivity index (χ1n) is 5.91. The van der Waals surface area contributed by atoms with Gasteiger partial charge in [0.2, 0.25) is 0 Å². The van der Waals surface area contributed by atoms with Gasteiger partial charge in [0.15, 0.2) is 0 Å². The Labute approximate surface area is 81.9 Å². The summed E-state index contributed by atoms with van der Waals surface area (Å²) in [5.41, 5.74) is 0. The molecular weight excluding hydrogens is 160 g/mol.